The van der Waals surface area contributed by atoms with E-state index in [0.717, 1.165) is 5.75 Å². The Morgan fingerprint density at radius 1 is 1.50 bits per heavy atom. The van der Waals surface area contributed by atoms with E-state index in [1.807, 2.05) is 30.5 Å². The van der Waals surface area contributed by atoms with Crippen molar-refractivity contribution in [2.75, 3.05) is 12.9 Å². The van der Waals surface area contributed by atoms with E-state index in [-0.39, 0.29) is 0 Å². The summed E-state index contributed by atoms with van der Waals surface area (Å²) in [5, 5.41) is 0. The summed E-state index contributed by atoms with van der Waals surface area (Å²) in [5.74, 6) is 0.761. The Bertz CT molecular complexity index is 348. The number of nitrogens with two attached hydrogens (primary N) is 1. The molecule has 1 aromatic carbocycles. The number of hydrogen-bond acceptors (Lipinski definition) is 3. The van der Waals surface area contributed by atoms with Crippen LogP contribution in [0.2, 0.25) is 0 Å². The highest BCUT2D eigenvalue weighted by molar-refractivity contribution is 14.1. The molecule has 0 fully saturated rings. The van der Waals surface area contributed by atoms with Gasteiger partial charge < -0.3 is 4.74 Å². The Morgan fingerprint density at radius 3 is 2.62 bits per heavy atom. The minimum Gasteiger partial charge on any atom is -0.490 e. The second kappa shape index (κ2) is 6.46. The molecule has 0 aromatic heterocycles. The molecule has 0 aliphatic heterocycles. The number of benzene rings is 1. The van der Waals surface area contributed by atoms with E-state index in [1.165, 1.54) is 33.6 Å². The van der Waals surface area contributed by atoms with Crippen molar-refractivity contribution in [3.63, 3.8) is 0 Å². The van der Waals surface area contributed by atoms with Gasteiger partial charge in [0.15, 0.2) is 0 Å². The van der Waals surface area contributed by atoms with Gasteiger partial charge in [0.25, 0.3) is 0 Å². The van der Waals surface area contributed by atoms with Crippen molar-refractivity contribution in [3.8, 4) is 5.75 Å². The molecule has 0 heterocycles. The lowest BCUT2D eigenvalue weighted by atomic mass is 10.3. The van der Waals surface area contributed by atoms with Crippen LogP contribution in [0.1, 0.15) is 0 Å². The number of thioether (sulfide) groups is 1. The molecular formula is C11H13FINOS. The summed E-state index contributed by atoms with van der Waals surface area (Å²) in [6.45, 7) is 0.310. The lowest BCUT2D eigenvalue weighted by molar-refractivity contribution is 0.355. The molecular weight excluding hydrogens is 340 g/mol. The summed E-state index contributed by atoms with van der Waals surface area (Å²) in [5.41, 5.74) is 5.13. The smallest absolute Gasteiger partial charge is 0.228 e. The van der Waals surface area contributed by atoms with Gasteiger partial charge in [-0.15, -0.1) is 11.8 Å². The van der Waals surface area contributed by atoms with Gasteiger partial charge >= 0.3 is 0 Å². The normalized spacial score (nSPS) is 15.0. The monoisotopic (exact) mass is 353 g/mol. The van der Waals surface area contributed by atoms with Crippen LogP contribution in [0.3, 0.4) is 0 Å². The van der Waals surface area contributed by atoms with Crippen LogP contribution >= 0.6 is 34.4 Å². The minimum absolute atomic E-state index is 0.310. The second-order valence-corrected chi connectivity index (χ2v) is 5.60. The molecule has 0 aliphatic rings. The van der Waals surface area contributed by atoms with Crippen LogP contribution in [0, 0.1) is 0 Å². The molecule has 0 saturated carbocycles. The number of hydrogen-bond donors (Lipinski definition) is 1. The predicted octanol–water partition coefficient (Wildman–Crippen LogP) is 3.36. The lowest BCUT2D eigenvalue weighted by Gasteiger charge is -2.06. The number of halogens is 2. The molecule has 0 saturated heterocycles. The summed E-state index contributed by atoms with van der Waals surface area (Å²) >= 11 is 3.18. The Balaban J connectivity index is 2.40. The molecule has 0 aliphatic carbocycles. The van der Waals surface area contributed by atoms with E-state index in [1.54, 1.807) is 17.8 Å². The van der Waals surface area contributed by atoms with Gasteiger partial charge in [0, 0.05) is 4.90 Å². The average Bonchev–Trinajstić information content (AvgIpc) is 2.24. The third-order valence-electron chi connectivity index (χ3n) is 1.75. The molecule has 1 rings (SSSR count). The van der Waals surface area contributed by atoms with Crippen molar-refractivity contribution in [2.45, 2.75) is 8.69 Å². The van der Waals surface area contributed by atoms with Crippen LogP contribution in [0.4, 0.5) is 4.39 Å². The fraction of sp³-hybridized carbons (Fsp3) is 0.273. The predicted molar refractivity (Wildman–Crippen MR) is 74.9 cm³/mol. The van der Waals surface area contributed by atoms with Gasteiger partial charge in [-0.2, -0.15) is 0 Å². The van der Waals surface area contributed by atoms with Crippen molar-refractivity contribution in [3.05, 3.63) is 36.4 Å². The highest BCUT2D eigenvalue weighted by Crippen LogP contribution is 2.19. The summed E-state index contributed by atoms with van der Waals surface area (Å²) in [6, 6.07) is 7.72. The molecule has 2 nitrogen and oxygen atoms in total. The van der Waals surface area contributed by atoms with E-state index in [2.05, 4.69) is 0 Å². The largest absolute Gasteiger partial charge is 0.490 e. The molecule has 0 amide bonds. The fourth-order valence-electron chi connectivity index (χ4n) is 1.02. The van der Waals surface area contributed by atoms with Gasteiger partial charge in [-0.05, 0) is 65.3 Å². The van der Waals surface area contributed by atoms with E-state index in [9.17, 15) is 4.39 Å². The standard InChI is InChI=1S/C11H13FINOS/c1-16-10-5-3-9(4-6-10)15-8-2-7-11(12,13)14/h2-7H,8,14H2,1H3. The Kier molecular flexibility index (Phi) is 5.57. The van der Waals surface area contributed by atoms with Crippen molar-refractivity contribution in [1.29, 1.82) is 0 Å². The topological polar surface area (TPSA) is 35.2 Å². The molecule has 5 heteroatoms. The molecule has 0 bridgehead atoms. The van der Waals surface area contributed by atoms with Gasteiger partial charge in [-0.25, -0.2) is 4.39 Å². The van der Waals surface area contributed by atoms with Crippen LogP contribution < -0.4 is 10.5 Å². The molecule has 2 N–H and O–H groups in total. The SMILES string of the molecule is CSc1ccc(OCC=CC(N)(F)I)cc1. The third-order valence-corrected chi connectivity index (χ3v) is 2.85. The molecule has 16 heavy (non-hydrogen) atoms. The second-order valence-electron chi connectivity index (χ2n) is 3.06. The first kappa shape index (κ1) is 13.8. The zero-order valence-electron chi connectivity index (χ0n) is 8.82. The first-order chi connectivity index (χ1) is 7.51. The quantitative estimate of drug-likeness (QED) is 0.290. The Labute approximate surface area is 113 Å². The fourth-order valence-corrected chi connectivity index (χ4v) is 1.68. The van der Waals surface area contributed by atoms with Gasteiger partial charge in [0.2, 0.25) is 3.80 Å². The van der Waals surface area contributed by atoms with Gasteiger partial charge in [-0.3, -0.25) is 5.73 Å². The maximum Gasteiger partial charge on any atom is 0.228 e. The van der Waals surface area contributed by atoms with E-state index >= 15 is 0 Å². The van der Waals surface area contributed by atoms with Crippen LogP contribution in [0.25, 0.3) is 0 Å². The zero-order chi connectivity index (χ0) is 12.0. The average molecular weight is 353 g/mol. The van der Waals surface area contributed by atoms with Gasteiger partial charge in [0.05, 0.1) is 0 Å². The Morgan fingerprint density at radius 2 is 2.12 bits per heavy atom. The number of alkyl halides is 2. The minimum atomic E-state index is -1.80. The molecule has 88 valence electrons. The van der Waals surface area contributed by atoms with Crippen LogP contribution in [0.15, 0.2) is 41.3 Å². The molecule has 1 aromatic rings. The van der Waals surface area contributed by atoms with E-state index < -0.39 is 3.80 Å². The van der Waals surface area contributed by atoms with Gasteiger partial charge in [0.1, 0.15) is 12.4 Å². The third kappa shape index (κ3) is 5.72. The Hall–Kier alpha value is -0.270. The highest BCUT2D eigenvalue weighted by atomic mass is 127. The van der Waals surface area contributed by atoms with Crippen LogP contribution in [0.5, 0.6) is 5.75 Å². The van der Waals surface area contributed by atoms with E-state index in [4.69, 9.17) is 10.5 Å². The molecule has 0 spiro atoms. The van der Waals surface area contributed by atoms with Crippen molar-refractivity contribution in [1.82, 2.24) is 0 Å². The zero-order valence-corrected chi connectivity index (χ0v) is 11.8. The summed E-state index contributed by atoms with van der Waals surface area (Å²) in [7, 11) is 0. The van der Waals surface area contributed by atoms with E-state index in [0.29, 0.717) is 6.61 Å². The van der Waals surface area contributed by atoms with Crippen LogP contribution in [-0.4, -0.2) is 16.7 Å². The maximum atomic E-state index is 12.8. The summed E-state index contributed by atoms with van der Waals surface area (Å²) in [6.07, 6.45) is 4.85. The molecule has 1 unspecified atom stereocenters. The van der Waals surface area contributed by atoms with Crippen molar-refractivity contribution >= 4 is 34.4 Å². The number of ether oxygens (including phenoxy) is 1. The summed E-state index contributed by atoms with van der Waals surface area (Å²) in [4.78, 5) is 1.18. The first-order valence-corrected chi connectivity index (χ1v) is 6.93. The molecule has 1 atom stereocenters. The van der Waals surface area contributed by atoms with Crippen molar-refractivity contribution < 1.29 is 9.13 Å². The van der Waals surface area contributed by atoms with Crippen molar-refractivity contribution in [2.24, 2.45) is 5.73 Å². The van der Waals surface area contributed by atoms with Crippen LogP contribution in [-0.2, 0) is 0 Å². The van der Waals surface area contributed by atoms with Gasteiger partial charge in [-0.1, -0.05) is 0 Å². The summed E-state index contributed by atoms with van der Waals surface area (Å²) < 4.78 is 16.4. The lowest BCUT2D eigenvalue weighted by Crippen LogP contribution is -2.22. The molecule has 0 radical (unpaired) electrons. The first-order valence-electron chi connectivity index (χ1n) is 4.62. The maximum absolute atomic E-state index is 12.8. The number of rotatable bonds is 5. The highest BCUT2D eigenvalue weighted by Gasteiger charge is 2.11.